The molecule has 1 aromatic heterocycles. The van der Waals surface area contributed by atoms with Crippen LogP contribution in [0.1, 0.15) is 25.5 Å². The van der Waals surface area contributed by atoms with Crippen molar-refractivity contribution in [1.82, 2.24) is 9.78 Å². The highest BCUT2D eigenvalue weighted by molar-refractivity contribution is 6.30. The molecule has 0 unspecified atom stereocenters. The van der Waals surface area contributed by atoms with Crippen LogP contribution < -0.4 is 0 Å². The molecule has 18 heavy (non-hydrogen) atoms. The Morgan fingerprint density at radius 2 is 1.78 bits per heavy atom. The quantitative estimate of drug-likeness (QED) is 0.792. The van der Waals surface area contributed by atoms with Crippen LogP contribution in [0.5, 0.6) is 0 Å². The Hall–Kier alpha value is -1.42. The largest absolute Gasteiger partial charge is 0.269 e. The minimum Gasteiger partial charge on any atom is -0.269 e. The molecular formula is C13H13ClF2N2. The molecule has 0 radical (unpaired) electrons. The zero-order chi connectivity index (χ0) is 13.4. The van der Waals surface area contributed by atoms with Crippen LogP contribution in [-0.2, 0) is 0 Å². The number of aromatic nitrogens is 2. The number of halogens is 3. The molecule has 1 heterocycles. The lowest BCUT2D eigenvalue weighted by Crippen LogP contribution is -2.01. The van der Waals surface area contributed by atoms with E-state index in [-0.39, 0.29) is 16.6 Å². The molecule has 2 nitrogen and oxygen atoms in total. The van der Waals surface area contributed by atoms with Gasteiger partial charge in [-0.1, -0.05) is 11.6 Å². The monoisotopic (exact) mass is 270 g/mol. The summed E-state index contributed by atoms with van der Waals surface area (Å²) in [5, 5.41) is 4.26. The molecule has 0 bridgehead atoms. The van der Waals surface area contributed by atoms with E-state index in [1.54, 1.807) is 17.8 Å². The maximum Gasteiger partial charge on any atom is 0.137 e. The third-order valence-electron chi connectivity index (χ3n) is 2.69. The second-order valence-electron chi connectivity index (χ2n) is 4.48. The lowest BCUT2D eigenvalue weighted by molar-refractivity contribution is 0.531. The van der Waals surface area contributed by atoms with Crippen molar-refractivity contribution >= 4 is 11.6 Å². The molecule has 0 N–H and O–H groups in total. The summed E-state index contributed by atoms with van der Waals surface area (Å²) in [5.41, 5.74) is 0.912. The van der Waals surface area contributed by atoms with E-state index in [4.69, 9.17) is 11.6 Å². The normalized spacial score (nSPS) is 11.3. The first kappa shape index (κ1) is 13.0. The van der Waals surface area contributed by atoms with Crippen molar-refractivity contribution in [2.45, 2.75) is 26.8 Å². The molecule has 0 amide bonds. The van der Waals surface area contributed by atoms with Gasteiger partial charge in [0, 0.05) is 17.3 Å². The number of hydrogen-bond donors (Lipinski definition) is 0. The lowest BCUT2D eigenvalue weighted by atomic mass is 10.1. The van der Waals surface area contributed by atoms with Gasteiger partial charge >= 0.3 is 0 Å². The molecule has 96 valence electrons. The van der Waals surface area contributed by atoms with Crippen molar-refractivity contribution in [3.8, 4) is 11.3 Å². The van der Waals surface area contributed by atoms with Gasteiger partial charge in [-0.25, -0.2) is 8.78 Å². The molecule has 0 atom stereocenters. The van der Waals surface area contributed by atoms with Gasteiger partial charge in [0.1, 0.15) is 17.3 Å². The van der Waals surface area contributed by atoms with Crippen LogP contribution in [0.2, 0.25) is 5.02 Å². The third-order valence-corrected chi connectivity index (χ3v) is 2.91. The van der Waals surface area contributed by atoms with Crippen LogP contribution in [0.4, 0.5) is 8.78 Å². The van der Waals surface area contributed by atoms with Crippen molar-refractivity contribution < 1.29 is 8.78 Å². The number of nitrogens with zero attached hydrogens (tertiary/aromatic N) is 2. The Kier molecular flexibility index (Phi) is 3.39. The molecule has 0 aliphatic carbocycles. The van der Waals surface area contributed by atoms with Crippen LogP contribution in [-0.4, -0.2) is 9.78 Å². The average molecular weight is 271 g/mol. The van der Waals surface area contributed by atoms with Gasteiger partial charge in [-0.3, -0.25) is 4.68 Å². The molecule has 2 rings (SSSR count). The summed E-state index contributed by atoms with van der Waals surface area (Å²) >= 11 is 5.60. The van der Waals surface area contributed by atoms with E-state index in [0.717, 1.165) is 17.7 Å². The van der Waals surface area contributed by atoms with Crippen molar-refractivity contribution in [1.29, 1.82) is 0 Å². The maximum atomic E-state index is 13.8. The van der Waals surface area contributed by atoms with Gasteiger partial charge < -0.3 is 0 Å². The molecule has 0 aliphatic heterocycles. The third kappa shape index (κ3) is 2.25. The number of aryl methyl sites for hydroxylation is 1. The first-order chi connectivity index (χ1) is 8.40. The number of benzene rings is 1. The van der Waals surface area contributed by atoms with E-state index in [9.17, 15) is 8.78 Å². The summed E-state index contributed by atoms with van der Waals surface area (Å²) in [6, 6.07) is 2.32. The topological polar surface area (TPSA) is 17.8 Å². The van der Waals surface area contributed by atoms with E-state index in [2.05, 4.69) is 5.10 Å². The summed E-state index contributed by atoms with van der Waals surface area (Å²) in [6.45, 7) is 5.67. The fourth-order valence-electron chi connectivity index (χ4n) is 1.76. The molecule has 5 heteroatoms. The Labute approximate surface area is 109 Å². The highest BCUT2D eigenvalue weighted by atomic mass is 35.5. The van der Waals surface area contributed by atoms with E-state index >= 15 is 0 Å². The smallest absolute Gasteiger partial charge is 0.137 e. The molecule has 0 spiro atoms. The van der Waals surface area contributed by atoms with Gasteiger partial charge in [-0.15, -0.1) is 0 Å². The van der Waals surface area contributed by atoms with Crippen molar-refractivity contribution in [2.75, 3.05) is 0 Å². The minimum absolute atomic E-state index is 0.0368. The Balaban J connectivity index is 2.62. The zero-order valence-corrected chi connectivity index (χ0v) is 11.1. The number of hydrogen-bond acceptors (Lipinski definition) is 1. The van der Waals surface area contributed by atoms with E-state index in [1.807, 2.05) is 13.8 Å². The average Bonchev–Trinajstić information content (AvgIpc) is 2.59. The number of rotatable bonds is 2. The second kappa shape index (κ2) is 4.69. The van der Waals surface area contributed by atoms with Crippen molar-refractivity contribution in [3.63, 3.8) is 0 Å². The van der Waals surface area contributed by atoms with Crippen LogP contribution in [0.3, 0.4) is 0 Å². The molecular weight excluding hydrogens is 258 g/mol. The van der Waals surface area contributed by atoms with Gasteiger partial charge in [0.2, 0.25) is 0 Å². The standard InChI is InChI=1S/C13H13ClF2N2/c1-7(2)18-6-8(3)13(17-18)12-10(15)4-9(14)5-11(12)16/h4-7H,1-3H3. The molecule has 0 aliphatic rings. The van der Waals surface area contributed by atoms with Gasteiger partial charge in [-0.05, 0) is 38.5 Å². The Bertz CT molecular complexity index is 568. The van der Waals surface area contributed by atoms with Crippen LogP contribution in [0.15, 0.2) is 18.3 Å². The van der Waals surface area contributed by atoms with Gasteiger partial charge in [0.05, 0.1) is 5.56 Å². The van der Waals surface area contributed by atoms with E-state index < -0.39 is 11.6 Å². The molecule has 0 saturated heterocycles. The summed E-state index contributed by atoms with van der Waals surface area (Å²) < 4.78 is 29.3. The highest BCUT2D eigenvalue weighted by Gasteiger charge is 2.18. The summed E-state index contributed by atoms with van der Waals surface area (Å²) in [7, 11) is 0. The minimum atomic E-state index is -0.697. The fraction of sp³-hybridized carbons (Fsp3) is 0.308. The zero-order valence-electron chi connectivity index (χ0n) is 10.3. The summed E-state index contributed by atoms with van der Waals surface area (Å²) in [4.78, 5) is 0. The predicted molar refractivity (Wildman–Crippen MR) is 67.7 cm³/mol. The van der Waals surface area contributed by atoms with Crippen LogP contribution >= 0.6 is 11.6 Å². The second-order valence-corrected chi connectivity index (χ2v) is 4.92. The SMILES string of the molecule is Cc1cn(C(C)C)nc1-c1c(F)cc(Cl)cc1F. The fourth-order valence-corrected chi connectivity index (χ4v) is 1.95. The highest BCUT2D eigenvalue weighted by Crippen LogP contribution is 2.30. The first-order valence-electron chi connectivity index (χ1n) is 5.61. The van der Waals surface area contributed by atoms with Gasteiger partial charge in [0.15, 0.2) is 0 Å². The van der Waals surface area contributed by atoms with Crippen molar-refractivity contribution in [3.05, 3.63) is 40.6 Å². The summed E-state index contributed by atoms with van der Waals surface area (Å²) in [5.74, 6) is -1.39. The lowest BCUT2D eigenvalue weighted by Gasteiger charge is -2.05. The first-order valence-corrected chi connectivity index (χ1v) is 5.98. The molecule has 0 saturated carbocycles. The van der Waals surface area contributed by atoms with Crippen LogP contribution in [0.25, 0.3) is 11.3 Å². The van der Waals surface area contributed by atoms with Gasteiger partial charge in [-0.2, -0.15) is 5.10 Å². The Morgan fingerprint density at radius 3 is 2.22 bits per heavy atom. The van der Waals surface area contributed by atoms with Crippen LogP contribution in [0, 0.1) is 18.6 Å². The molecule has 0 fully saturated rings. The van der Waals surface area contributed by atoms with E-state index in [0.29, 0.717) is 5.69 Å². The van der Waals surface area contributed by atoms with E-state index in [1.165, 1.54) is 0 Å². The maximum absolute atomic E-state index is 13.8. The predicted octanol–water partition coefficient (Wildman–Crippen LogP) is 4.37. The van der Waals surface area contributed by atoms with Gasteiger partial charge in [0.25, 0.3) is 0 Å². The molecule has 1 aromatic carbocycles. The molecule has 2 aromatic rings. The van der Waals surface area contributed by atoms with Crippen molar-refractivity contribution in [2.24, 2.45) is 0 Å². The Morgan fingerprint density at radius 1 is 1.22 bits per heavy atom. The summed E-state index contributed by atoms with van der Waals surface area (Å²) in [6.07, 6.45) is 1.77.